The van der Waals surface area contributed by atoms with Crippen LogP contribution >= 0.6 is 0 Å². The number of hydrogen-bond acceptors (Lipinski definition) is 3. The predicted octanol–water partition coefficient (Wildman–Crippen LogP) is 5.55. The molecule has 0 N–H and O–H groups in total. The van der Waals surface area contributed by atoms with Crippen LogP contribution in [0.2, 0.25) is 19.6 Å². The molecule has 4 rings (SSSR count). The van der Waals surface area contributed by atoms with E-state index in [1.54, 1.807) is 0 Å². The molecule has 0 aliphatic heterocycles. The van der Waals surface area contributed by atoms with Crippen molar-refractivity contribution in [3.63, 3.8) is 0 Å². The zero-order valence-electron chi connectivity index (χ0n) is 18.9. The average Bonchev–Trinajstić information content (AvgIpc) is 2.89. The Morgan fingerprint density at radius 3 is 2.29 bits per heavy atom. The Labute approximate surface area is 171 Å². The van der Waals surface area contributed by atoms with Gasteiger partial charge in [0.15, 0.2) is 14.1 Å². The van der Waals surface area contributed by atoms with Gasteiger partial charge in [-0.3, -0.25) is 9.59 Å². The minimum atomic E-state index is -1.61. The molecule has 156 valence electrons. The van der Waals surface area contributed by atoms with Crippen molar-refractivity contribution in [1.29, 1.82) is 0 Å². The summed E-state index contributed by atoms with van der Waals surface area (Å²) >= 11 is 0. The molecule has 3 saturated carbocycles. The molecule has 28 heavy (non-hydrogen) atoms. The third-order valence-corrected chi connectivity index (χ3v) is 9.96. The topological polar surface area (TPSA) is 43.4 Å². The Bertz CT molecular complexity index is 745. The highest BCUT2D eigenvalue weighted by Crippen LogP contribution is 2.66. The van der Waals surface area contributed by atoms with Crippen LogP contribution < -0.4 is 0 Å². The fourth-order valence-electron chi connectivity index (χ4n) is 7.48. The van der Waals surface area contributed by atoms with Gasteiger partial charge in [0.25, 0.3) is 0 Å². The van der Waals surface area contributed by atoms with Crippen LogP contribution in [-0.4, -0.2) is 26.0 Å². The van der Waals surface area contributed by atoms with Crippen molar-refractivity contribution in [1.82, 2.24) is 0 Å². The van der Waals surface area contributed by atoms with Gasteiger partial charge in [0.2, 0.25) is 0 Å². The van der Waals surface area contributed by atoms with Gasteiger partial charge in [0, 0.05) is 17.8 Å². The molecule has 1 unspecified atom stereocenters. The van der Waals surface area contributed by atoms with Crippen LogP contribution in [0.4, 0.5) is 0 Å². The minimum absolute atomic E-state index is 0.00492. The molecule has 0 radical (unpaired) electrons. The monoisotopic (exact) mass is 402 g/mol. The molecule has 0 amide bonds. The van der Waals surface area contributed by atoms with Crippen molar-refractivity contribution in [2.24, 2.45) is 34.0 Å². The third kappa shape index (κ3) is 2.77. The molecule has 0 spiro atoms. The van der Waals surface area contributed by atoms with Crippen LogP contribution in [0.15, 0.2) is 11.6 Å². The number of Topliss-reactive ketones (excluding diaryl/α,β-unsaturated/α-hetero) is 1. The Balaban J connectivity index is 1.72. The quantitative estimate of drug-likeness (QED) is 0.568. The van der Waals surface area contributed by atoms with Gasteiger partial charge in [-0.1, -0.05) is 13.8 Å². The number of hydrogen-bond donors (Lipinski definition) is 0. The molecule has 4 aliphatic rings. The van der Waals surface area contributed by atoms with Gasteiger partial charge in [0.1, 0.15) is 5.78 Å². The SMILES string of the molecule is CC1(C)C(=O)CC[C@@]2(C)C1=CC(=O)[C@@H]1[C@@H]2CC[C@]2(C)C(O[Si](C)(C)C)CC[C@@H]12. The summed E-state index contributed by atoms with van der Waals surface area (Å²) in [6, 6.07) is 0. The lowest BCUT2D eigenvalue weighted by molar-refractivity contribution is -0.140. The number of carbonyl (C=O) groups is 2. The second-order valence-corrected chi connectivity index (χ2v) is 16.5. The van der Waals surface area contributed by atoms with E-state index < -0.39 is 13.7 Å². The van der Waals surface area contributed by atoms with E-state index >= 15 is 0 Å². The van der Waals surface area contributed by atoms with E-state index in [4.69, 9.17) is 4.43 Å². The van der Waals surface area contributed by atoms with Crippen molar-refractivity contribution in [3.8, 4) is 0 Å². The van der Waals surface area contributed by atoms with Crippen LogP contribution in [0.25, 0.3) is 0 Å². The molecule has 6 atom stereocenters. The molecule has 0 heterocycles. The maximum Gasteiger partial charge on any atom is 0.184 e. The molecule has 0 aromatic carbocycles. The van der Waals surface area contributed by atoms with Crippen LogP contribution in [0.5, 0.6) is 0 Å². The maximum atomic E-state index is 13.5. The maximum absolute atomic E-state index is 13.5. The Hall–Kier alpha value is -0.743. The summed E-state index contributed by atoms with van der Waals surface area (Å²) in [6.07, 6.45) is 8.23. The third-order valence-electron chi connectivity index (χ3n) is 8.97. The van der Waals surface area contributed by atoms with Crippen molar-refractivity contribution in [2.75, 3.05) is 0 Å². The van der Waals surface area contributed by atoms with Crippen molar-refractivity contribution >= 4 is 19.9 Å². The zero-order chi connectivity index (χ0) is 20.7. The van der Waals surface area contributed by atoms with Gasteiger partial charge in [-0.2, -0.15) is 0 Å². The summed E-state index contributed by atoms with van der Waals surface area (Å²) in [4.78, 5) is 26.1. The Morgan fingerprint density at radius 2 is 1.64 bits per heavy atom. The summed E-state index contributed by atoms with van der Waals surface area (Å²) in [5.41, 5.74) is 0.750. The highest BCUT2D eigenvalue weighted by molar-refractivity contribution is 6.69. The number of rotatable bonds is 2. The predicted molar refractivity (Wildman–Crippen MR) is 114 cm³/mol. The number of ketones is 2. The Morgan fingerprint density at radius 1 is 0.964 bits per heavy atom. The van der Waals surface area contributed by atoms with Gasteiger partial charge in [-0.15, -0.1) is 0 Å². The molecule has 4 aliphatic carbocycles. The fourth-order valence-corrected chi connectivity index (χ4v) is 8.72. The number of carbonyl (C=O) groups excluding carboxylic acids is 2. The van der Waals surface area contributed by atoms with Gasteiger partial charge >= 0.3 is 0 Å². The molecule has 0 aromatic rings. The fraction of sp³-hybridized carbons (Fsp3) is 0.833. The highest BCUT2D eigenvalue weighted by Gasteiger charge is 2.63. The standard InChI is InChI=1S/C24H38O3Si/c1-22(2)18-14-17(25)21-15-8-9-20(27-28(5,6)7)24(15,4)12-10-16(21)23(18,3)13-11-19(22)26/h14-16,20-21H,8-13H2,1-7H3/t15-,16-,20?,21-,23+,24-/m0/s1. The van der Waals surface area contributed by atoms with Gasteiger partial charge in [-0.05, 0) is 99.9 Å². The van der Waals surface area contributed by atoms with E-state index in [2.05, 4.69) is 33.5 Å². The second-order valence-electron chi connectivity index (χ2n) is 12.0. The first-order valence-electron chi connectivity index (χ1n) is 11.3. The lowest BCUT2D eigenvalue weighted by atomic mass is 9.45. The smallest absolute Gasteiger partial charge is 0.184 e. The van der Waals surface area contributed by atoms with E-state index in [1.165, 1.54) is 0 Å². The second kappa shape index (κ2) is 6.13. The molecule has 0 aromatic heterocycles. The summed E-state index contributed by atoms with van der Waals surface area (Å²) in [7, 11) is -1.61. The van der Waals surface area contributed by atoms with Crippen molar-refractivity contribution in [3.05, 3.63) is 11.6 Å². The molecule has 3 nitrogen and oxygen atoms in total. The lowest BCUT2D eigenvalue weighted by Gasteiger charge is -2.59. The number of allylic oxidation sites excluding steroid dienone is 2. The first-order valence-corrected chi connectivity index (χ1v) is 14.7. The normalized spacial score (nSPS) is 45.2. The van der Waals surface area contributed by atoms with Crippen LogP contribution in [0.1, 0.15) is 66.2 Å². The first-order chi connectivity index (χ1) is 12.8. The summed E-state index contributed by atoms with van der Waals surface area (Å²) in [6.45, 7) is 15.6. The van der Waals surface area contributed by atoms with Crippen LogP contribution in [0, 0.1) is 34.0 Å². The van der Waals surface area contributed by atoms with Crippen molar-refractivity contribution < 1.29 is 14.0 Å². The largest absolute Gasteiger partial charge is 0.414 e. The summed E-state index contributed by atoms with van der Waals surface area (Å²) < 4.78 is 6.63. The van der Waals surface area contributed by atoms with Gasteiger partial charge in [0.05, 0.1) is 6.10 Å². The van der Waals surface area contributed by atoms with Crippen LogP contribution in [-0.2, 0) is 14.0 Å². The van der Waals surface area contributed by atoms with E-state index in [9.17, 15) is 9.59 Å². The minimum Gasteiger partial charge on any atom is -0.414 e. The molecular weight excluding hydrogens is 364 g/mol. The van der Waals surface area contributed by atoms with Gasteiger partial charge in [-0.25, -0.2) is 0 Å². The molecule has 4 heteroatoms. The zero-order valence-corrected chi connectivity index (χ0v) is 19.9. The summed E-state index contributed by atoms with van der Waals surface area (Å²) in [5, 5.41) is 0. The molecule has 0 saturated heterocycles. The van der Waals surface area contributed by atoms with E-state index in [1.807, 2.05) is 19.9 Å². The van der Waals surface area contributed by atoms with E-state index in [-0.39, 0.29) is 16.7 Å². The molecule has 3 fully saturated rings. The highest BCUT2D eigenvalue weighted by atomic mass is 28.4. The van der Waals surface area contributed by atoms with Crippen molar-refractivity contribution in [2.45, 2.75) is 92.0 Å². The molecular formula is C24H38O3Si. The number of fused-ring (bicyclic) bond motifs is 5. The Kier molecular flexibility index (Phi) is 4.50. The first kappa shape index (κ1) is 20.5. The molecule has 0 bridgehead atoms. The van der Waals surface area contributed by atoms with Crippen LogP contribution in [0.3, 0.4) is 0 Å². The van der Waals surface area contributed by atoms with E-state index in [0.717, 1.165) is 37.7 Å². The average molecular weight is 403 g/mol. The lowest BCUT2D eigenvalue weighted by Crippen LogP contribution is -2.57. The van der Waals surface area contributed by atoms with E-state index in [0.29, 0.717) is 35.9 Å². The van der Waals surface area contributed by atoms with Gasteiger partial charge < -0.3 is 4.43 Å². The summed E-state index contributed by atoms with van der Waals surface area (Å²) in [5.74, 6) is 1.52.